The monoisotopic (exact) mass is 498 g/mol. The lowest BCUT2D eigenvalue weighted by atomic mass is 10.0. The Morgan fingerprint density at radius 2 is 1.81 bits per heavy atom. The molecule has 3 rings (SSSR count). The van der Waals surface area contributed by atoms with Crippen LogP contribution in [-0.4, -0.2) is 41.2 Å². The van der Waals surface area contributed by atoms with Crippen LogP contribution in [0.4, 0.5) is 20.7 Å². The Morgan fingerprint density at radius 3 is 2.31 bits per heavy atom. The van der Waals surface area contributed by atoms with Crippen LogP contribution < -0.4 is 15.1 Å². The molecule has 0 spiro atoms. The highest BCUT2D eigenvalue weighted by Crippen LogP contribution is 2.30. The number of halogens is 1. The van der Waals surface area contributed by atoms with Gasteiger partial charge < -0.3 is 19.9 Å². The zero-order chi connectivity index (χ0) is 26.5. The summed E-state index contributed by atoms with van der Waals surface area (Å²) in [5, 5.41) is 2.75. The van der Waals surface area contributed by atoms with Crippen molar-refractivity contribution in [2.75, 3.05) is 16.3 Å². The molecule has 1 aromatic carbocycles. The van der Waals surface area contributed by atoms with Crippen molar-refractivity contribution in [2.24, 2.45) is 5.92 Å². The average molecular weight is 499 g/mol. The summed E-state index contributed by atoms with van der Waals surface area (Å²) < 4.78 is 19.1. The summed E-state index contributed by atoms with van der Waals surface area (Å²) in [6.45, 7) is 12.5. The Balaban J connectivity index is 1.86. The standard InChI is InChI=1S/C28H39FN4O3/c1-7-32(22-13-14-22)25-15-8-20(17-30-25)18-33(23-11-9-21(29)10-12-23)26(34)24(16-19(2)3)31-27(35)36-28(4,5)6/h8-12,15,17,19,22,24H,7,13-14,16,18H2,1-6H3,(H,31,35). The van der Waals surface area contributed by atoms with E-state index in [4.69, 9.17) is 4.74 Å². The van der Waals surface area contributed by atoms with E-state index < -0.39 is 17.7 Å². The molecule has 1 aliphatic carbocycles. The molecule has 8 heteroatoms. The Bertz CT molecular complexity index is 1010. The van der Waals surface area contributed by atoms with Crippen molar-refractivity contribution < 1.29 is 18.7 Å². The number of alkyl carbamates (subject to hydrolysis) is 1. The Labute approximate surface area is 214 Å². The maximum atomic E-state index is 13.8. The minimum absolute atomic E-state index is 0.146. The number of nitrogens with zero attached hydrogens (tertiary/aromatic N) is 3. The molecule has 1 atom stereocenters. The number of pyridine rings is 1. The van der Waals surface area contributed by atoms with Crippen LogP contribution in [0, 0.1) is 11.7 Å². The number of carbonyl (C=O) groups is 2. The van der Waals surface area contributed by atoms with Gasteiger partial charge in [0.05, 0.1) is 6.54 Å². The molecule has 1 heterocycles. The first-order chi connectivity index (χ1) is 17.0. The van der Waals surface area contributed by atoms with Crippen molar-refractivity contribution in [3.8, 4) is 0 Å². The highest BCUT2D eigenvalue weighted by molar-refractivity contribution is 5.98. The number of benzene rings is 1. The number of aromatic nitrogens is 1. The van der Waals surface area contributed by atoms with Gasteiger partial charge in [0.2, 0.25) is 5.91 Å². The summed E-state index contributed by atoms with van der Waals surface area (Å²) in [4.78, 5) is 34.9. The van der Waals surface area contributed by atoms with E-state index in [2.05, 4.69) is 22.1 Å². The van der Waals surface area contributed by atoms with Crippen LogP contribution >= 0.6 is 0 Å². The maximum Gasteiger partial charge on any atom is 0.408 e. The van der Waals surface area contributed by atoms with E-state index in [0.29, 0.717) is 18.2 Å². The number of rotatable bonds is 10. The van der Waals surface area contributed by atoms with Crippen molar-refractivity contribution >= 4 is 23.5 Å². The van der Waals surface area contributed by atoms with E-state index in [9.17, 15) is 14.0 Å². The minimum atomic E-state index is -0.803. The van der Waals surface area contributed by atoms with Gasteiger partial charge in [-0.15, -0.1) is 0 Å². The van der Waals surface area contributed by atoms with Crippen LogP contribution in [-0.2, 0) is 16.1 Å². The molecule has 0 saturated heterocycles. The van der Waals surface area contributed by atoms with Crippen LogP contribution in [0.2, 0.25) is 0 Å². The van der Waals surface area contributed by atoms with Crippen LogP contribution in [0.3, 0.4) is 0 Å². The molecule has 7 nitrogen and oxygen atoms in total. The molecule has 0 aliphatic heterocycles. The van der Waals surface area contributed by atoms with E-state index in [-0.39, 0.29) is 24.2 Å². The first kappa shape index (κ1) is 27.4. The molecular weight excluding hydrogens is 459 g/mol. The third kappa shape index (κ3) is 7.93. The SMILES string of the molecule is CCN(c1ccc(CN(C(=O)C(CC(C)C)NC(=O)OC(C)(C)C)c2ccc(F)cc2)cn1)C1CC1. The molecule has 0 bridgehead atoms. The Morgan fingerprint density at radius 1 is 1.14 bits per heavy atom. The van der Waals surface area contributed by atoms with Crippen molar-refractivity contribution in [1.82, 2.24) is 10.3 Å². The fourth-order valence-corrected chi connectivity index (χ4v) is 4.10. The van der Waals surface area contributed by atoms with E-state index in [0.717, 1.165) is 17.9 Å². The third-order valence-corrected chi connectivity index (χ3v) is 5.87. The molecular formula is C28H39FN4O3. The molecule has 1 N–H and O–H groups in total. The van der Waals surface area contributed by atoms with Crippen molar-refractivity contribution in [2.45, 2.75) is 85.0 Å². The minimum Gasteiger partial charge on any atom is -0.444 e. The Hall–Kier alpha value is -3.16. The van der Waals surface area contributed by atoms with E-state index in [1.54, 1.807) is 44.0 Å². The molecule has 1 unspecified atom stereocenters. The molecule has 1 saturated carbocycles. The van der Waals surface area contributed by atoms with E-state index in [1.807, 2.05) is 26.0 Å². The fourth-order valence-electron chi connectivity index (χ4n) is 4.10. The Kier molecular flexibility index (Phi) is 8.93. The van der Waals surface area contributed by atoms with Crippen LogP contribution in [0.1, 0.15) is 66.4 Å². The summed E-state index contributed by atoms with van der Waals surface area (Å²) >= 11 is 0. The number of hydrogen-bond donors (Lipinski definition) is 1. The maximum absolute atomic E-state index is 13.8. The van der Waals surface area contributed by atoms with Gasteiger partial charge in [-0.25, -0.2) is 14.2 Å². The summed E-state index contributed by atoms with van der Waals surface area (Å²) in [7, 11) is 0. The van der Waals surface area contributed by atoms with Gasteiger partial charge in [-0.05, 0) is 88.8 Å². The lowest BCUT2D eigenvalue weighted by molar-refractivity contribution is -0.121. The van der Waals surface area contributed by atoms with E-state index >= 15 is 0 Å². The zero-order valence-electron chi connectivity index (χ0n) is 22.3. The average Bonchev–Trinajstić information content (AvgIpc) is 3.62. The number of nitrogens with one attached hydrogen (secondary N) is 1. The lowest BCUT2D eigenvalue weighted by Gasteiger charge is -2.30. The van der Waals surface area contributed by atoms with Crippen molar-refractivity contribution in [3.63, 3.8) is 0 Å². The summed E-state index contributed by atoms with van der Waals surface area (Å²) in [6, 6.07) is 9.49. The predicted octanol–water partition coefficient (Wildman–Crippen LogP) is 5.68. The lowest BCUT2D eigenvalue weighted by Crippen LogP contribution is -2.50. The number of amides is 2. The molecule has 196 valence electrons. The van der Waals surface area contributed by atoms with Gasteiger partial charge in [0, 0.05) is 24.5 Å². The van der Waals surface area contributed by atoms with E-state index in [1.165, 1.54) is 25.0 Å². The molecule has 1 fully saturated rings. The topological polar surface area (TPSA) is 74.8 Å². The second-order valence-electron chi connectivity index (χ2n) is 10.8. The smallest absolute Gasteiger partial charge is 0.408 e. The summed E-state index contributed by atoms with van der Waals surface area (Å²) in [6.07, 6.45) is 3.94. The molecule has 1 aromatic heterocycles. The normalized spacial score (nSPS) is 14.3. The van der Waals surface area contributed by atoms with Gasteiger partial charge in [0.25, 0.3) is 0 Å². The molecule has 36 heavy (non-hydrogen) atoms. The first-order valence-corrected chi connectivity index (χ1v) is 12.7. The molecule has 2 amide bonds. The molecule has 0 radical (unpaired) electrons. The highest BCUT2D eigenvalue weighted by Gasteiger charge is 2.31. The van der Waals surface area contributed by atoms with Crippen LogP contribution in [0.25, 0.3) is 0 Å². The second kappa shape index (κ2) is 11.7. The van der Waals surface area contributed by atoms with Gasteiger partial charge in [0.1, 0.15) is 23.3 Å². The second-order valence-corrected chi connectivity index (χ2v) is 10.8. The van der Waals surface area contributed by atoms with Crippen molar-refractivity contribution in [1.29, 1.82) is 0 Å². The van der Waals surface area contributed by atoms with Gasteiger partial charge in [0.15, 0.2) is 0 Å². The predicted molar refractivity (Wildman–Crippen MR) is 140 cm³/mol. The zero-order valence-corrected chi connectivity index (χ0v) is 22.3. The van der Waals surface area contributed by atoms with Gasteiger partial charge in [-0.3, -0.25) is 4.79 Å². The third-order valence-electron chi connectivity index (χ3n) is 5.87. The number of ether oxygens (including phenoxy) is 1. The summed E-state index contributed by atoms with van der Waals surface area (Å²) in [5.41, 5.74) is 0.689. The van der Waals surface area contributed by atoms with Crippen LogP contribution in [0.15, 0.2) is 42.6 Å². The molecule has 1 aliphatic rings. The van der Waals surface area contributed by atoms with Gasteiger partial charge in [-0.2, -0.15) is 0 Å². The summed E-state index contributed by atoms with van der Waals surface area (Å²) in [5.74, 6) is 0.390. The fraction of sp³-hybridized carbons (Fsp3) is 0.536. The quantitative estimate of drug-likeness (QED) is 0.456. The number of hydrogen-bond acceptors (Lipinski definition) is 5. The van der Waals surface area contributed by atoms with Crippen molar-refractivity contribution in [3.05, 3.63) is 54.0 Å². The largest absolute Gasteiger partial charge is 0.444 e. The first-order valence-electron chi connectivity index (χ1n) is 12.7. The van der Waals surface area contributed by atoms with Gasteiger partial charge in [-0.1, -0.05) is 19.9 Å². The highest BCUT2D eigenvalue weighted by atomic mass is 19.1. The van der Waals surface area contributed by atoms with Crippen LogP contribution in [0.5, 0.6) is 0 Å². The number of carbonyl (C=O) groups excluding carboxylic acids is 2. The number of anilines is 2. The molecule has 2 aromatic rings. The van der Waals surface area contributed by atoms with Gasteiger partial charge >= 0.3 is 6.09 Å².